The van der Waals surface area contributed by atoms with Crippen LogP contribution in [0, 0.1) is 5.92 Å². The second-order valence-electron chi connectivity index (χ2n) is 4.63. The topological polar surface area (TPSA) is 69.6 Å². The monoisotopic (exact) mass is 228 g/mol. The highest BCUT2D eigenvalue weighted by atomic mass is 16.4. The molecule has 1 aliphatic rings. The molecule has 5 heteroatoms. The van der Waals surface area contributed by atoms with E-state index < -0.39 is 11.5 Å². The van der Waals surface area contributed by atoms with Gasteiger partial charge in [0.25, 0.3) is 0 Å². The Labute approximate surface area is 95.8 Å². The number of nitrogens with one attached hydrogen (secondary N) is 1. The summed E-state index contributed by atoms with van der Waals surface area (Å²) in [5.74, 6) is -0.878. The lowest BCUT2D eigenvalue weighted by Crippen LogP contribution is -2.57. The Balaban J connectivity index is 2.62. The average molecular weight is 228 g/mol. The third-order valence-corrected chi connectivity index (χ3v) is 3.11. The number of carboxylic acid groups (broad SMARTS) is 1. The fourth-order valence-corrected chi connectivity index (χ4v) is 1.75. The minimum atomic E-state index is -1.11. The van der Waals surface area contributed by atoms with Crippen LogP contribution in [0.1, 0.15) is 33.1 Å². The van der Waals surface area contributed by atoms with Gasteiger partial charge < -0.3 is 15.3 Å². The molecule has 1 atom stereocenters. The van der Waals surface area contributed by atoms with Crippen molar-refractivity contribution in [2.45, 2.75) is 38.6 Å². The fraction of sp³-hybridized carbons (Fsp3) is 0.818. The SMILES string of the molecule is CCCN(C)C(=O)NC(C)(C(=O)O)C1CC1. The molecule has 0 bridgehead atoms. The second-order valence-corrected chi connectivity index (χ2v) is 4.63. The van der Waals surface area contributed by atoms with E-state index in [0.717, 1.165) is 19.3 Å². The van der Waals surface area contributed by atoms with Crippen LogP contribution in [0.15, 0.2) is 0 Å². The molecule has 1 unspecified atom stereocenters. The molecule has 1 rings (SSSR count). The smallest absolute Gasteiger partial charge is 0.329 e. The lowest BCUT2D eigenvalue weighted by molar-refractivity contribution is -0.144. The molecule has 0 aromatic carbocycles. The lowest BCUT2D eigenvalue weighted by atomic mass is 9.96. The van der Waals surface area contributed by atoms with Gasteiger partial charge in [-0.1, -0.05) is 6.92 Å². The number of urea groups is 1. The van der Waals surface area contributed by atoms with Crippen LogP contribution in [0.25, 0.3) is 0 Å². The molecule has 1 saturated carbocycles. The van der Waals surface area contributed by atoms with E-state index in [1.165, 1.54) is 4.90 Å². The zero-order valence-electron chi connectivity index (χ0n) is 10.1. The van der Waals surface area contributed by atoms with Crippen molar-refractivity contribution in [3.05, 3.63) is 0 Å². The highest BCUT2D eigenvalue weighted by molar-refractivity contribution is 5.86. The molecule has 2 N–H and O–H groups in total. The van der Waals surface area contributed by atoms with E-state index in [2.05, 4.69) is 5.32 Å². The summed E-state index contributed by atoms with van der Waals surface area (Å²) < 4.78 is 0. The van der Waals surface area contributed by atoms with Gasteiger partial charge in [0.05, 0.1) is 0 Å². The van der Waals surface area contributed by atoms with Gasteiger partial charge in [0.2, 0.25) is 0 Å². The first-order chi connectivity index (χ1) is 7.41. The molecule has 5 nitrogen and oxygen atoms in total. The number of amides is 2. The van der Waals surface area contributed by atoms with E-state index in [1.807, 2.05) is 6.92 Å². The number of nitrogens with zero attached hydrogens (tertiary/aromatic N) is 1. The molecule has 0 radical (unpaired) electrons. The zero-order valence-corrected chi connectivity index (χ0v) is 10.1. The quantitative estimate of drug-likeness (QED) is 0.745. The van der Waals surface area contributed by atoms with E-state index in [-0.39, 0.29) is 11.9 Å². The number of carbonyl (C=O) groups excluding carboxylic acids is 1. The molecular formula is C11H20N2O3. The maximum Gasteiger partial charge on any atom is 0.329 e. The predicted octanol–water partition coefficient (Wildman–Crippen LogP) is 1.29. The Hall–Kier alpha value is -1.26. The standard InChI is InChI=1S/C11H20N2O3/c1-4-7-13(3)10(16)12-11(2,9(14)15)8-5-6-8/h8H,4-7H2,1-3H3,(H,12,16)(H,14,15). The summed E-state index contributed by atoms with van der Waals surface area (Å²) >= 11 is 0. The van der Waals surface area contributed by atoms with Gasteiger partial charge in [-0.3, -0.25) is 0 Å². The van der Waals surface area contributed by atoms with Gasteiger partial charge in [-0.05, 0) is 32.1 Å². The highest BCUT2D eigenvalue weighted by Crippen LogP contribution is 2.39. The van der Waals surface area contributed by atoms with Crippen molar-refractivity contribution in [3.8, 4) is 0 Å². The number of hydrogen-bond acceptors (Lipinski definition) is 2. The Bertz CT molecular complexity index is 289. The third-order valence-electron chi connectivity index (χ3n) is 3.11. The Morgan fingerprint density at radius 3 is 2.44 bits per heavy atom. The van der Waals surface area contributed by atoms with Crippen LogP contribution in [0.3, 0.4) is 0 Å². The molecule has 1 fully saturated rings. The number of carbonyl (C=O) groups is 2. The summed E-state index contributed by atoms with van der Waals surface area (Å²) in [4.78, 5) is 24.4. The van der Waals surface area contributed by atoms with E-state index in [1.54, 1.807) is 14.0 Å². The van der Waals surface area contributed by atoms with Crippen molar-refractivity contribution in [1.82, 2.24) is 10.2 Å². The molecule has 0 aromatic rings. The van der Waals surface area contributed by atoms with Crippen LogP contribution < -0.4 is 5.32 Å². The molecule has 1 aliphatic carbocycles. The summed E-state index contributed by atoms with van der Waals surface area (Å²) in [6.07, 6.45) is 2.61. The summed E-state index contributed by atoms with van der Waals surface area (Å²) in [5.41, 5.74) is -1.11. The van der Waals surface area contributed by atoms with Crippen molar-refractivity contribution < 1.29 is 14.7 Å². The van der Waals surface area contributed by atoms with Gasteiger partial charge in [0, 0.05) is 13.6 Å². The summed E-state index contributed by atoms with van der Waals surface area (Å²) in [6, 6.07) is -0.307. The van der Waals surface area contributed by atoms with Crippen LogP contribution in [-0.2, 0) is 4.79 Å². The van der Waals surface area contributed by atoms with E-state index >= 15 is 0 Å². The largest absolute Gasteiger partial charge is 0.480 e. The summed E-state index contributed by atoms with van der Waals surface area (Å²) in [7, 11) is 1.67. The Morgan fingerprint density at radius 1 is 1.50 bits per heavy atom. The van der Waals surface area contributed by atoms with E-state index in [4.69, 9.17) is 0 Å². The fourth-order valence-electron chi connectivity index (χ4n) is 1.75. The molecule has 2 amide bonds. The molecule has 16 heavy (non-hydrogen) atoms. The molecule has 0 aromatic heterocycles. The summed E-state index contributed by atoms with van der Waals surface area (Å²) in [6.45, 7) is 4.19. The van der Waals surface area contributed by atoms with E-state index in [9.17, 15) is 14.7 Å². The van der Waals surface area contributed by atoms with Crippen LogP contribution in [0.4, 0.5) is 4.79 Å². The summed E-state index contributed by atoms with van der Waals surface area (Å²) in [5, 5.41) is 11.8. The van der Waals surface area contributed by atoms with Gasteiger partial charge in [-0.2, -0.15) is 0 Å². The number of aliphatic carboxylic acids is 1. The molecule has 0 saturated heterocycles. The molecule has 0 aliphatic heterocycles. The molecule has 0 heterocycles. The van der Waals surface area contributed by atoms with Gasteiger partial charge >= 0.3 is 12.0 Å². The number of carboxylic acids is 1. The predicted molar refractivity (Wildman–Crippen MR) is 60.2 cm³/mol. The van der Waals surface area contributed by atoms with Crippen molar-refractivity contribution in [3.63, 3.8) is 0 Å². The molecule has 0 spiro atoms. The first-order valence-electron chi connectivity index (χ1n) is 5.68. The first kappa shape index (κ1) is 12.8. The van der Waals surface area contributed by atoms with Crippen molar-refractivity contribution in [2.75, 3.05) is 13.6 Å². The maximum absolute atomic E-state index is 11.7. The minimum Gasteiger partial charge on any atom is -0.480 e. The lowest BCUT2D eigenvalue weighted by Gasteiger charge is -2.29. The third kappa shape index (κ3) is 2.65. The van der Waals surface area contributed by atoms with Crippen LogP contribution in [0.5, 0.6) is 0 Å². The van der Waals surface area contributed by atoms with Crippen molar-refractivity contribution in [1.29, 1.82) is 0 Å². The maximum atomic E-state index is 11.7. The zero-order chi connectivity index (χ0) is 12.3. The average Bonchev–Trinajstić information content (AvgIpc) is 3.00. The van der Waals surface area contributed by atoms with Crippen molar-refractivity contribution >= 4 is 12.0 Å². The second kappa shape index (κ2) is 4.72. The first-order valence-corrected chi connectivity index (χ1v) is 5.68. The van der Waals surface area contributed by atoms with Crippen LogP contribution in [0.2, 0.25) is 0 Å². The highest BCUT2D eigenvalue weighted by Gasteiger charge is 2.48. The minimum absolute atomic E-state index is 0.0731. The number of hydrogen-bond donors (Lipinski definition) is 2. The van der Waals surface area contributed by atoms with E-state index in [0.29, 0.717) is 6.54 Å². The van der Waals surface area contributed by atoms with Crippen LogP contribution >= 0.6 is 0 Å². The van der Waals surface area contributed by atoms with Gasteiger partial charge in [-0.15, -0.1) is 0 Å². The Kier molecular flexibility index (Phi) is 3.78. The molecule has 92 valence electrons. The van der Waals surface area contributed by atoms with Gasteiger partial charge in [0.1, 0.15) is 5.54 Å². The molecular weight excluding hydrogens is 208 g/mol. The number of rotatable bonds is 5. The van der Waals surface area contributed by atoms with Gasteiger partial charge in [0.15, 0.2) is 0 Å². The van der Waals surface area contributed by atoms with Crippen molar-refractivity contribution in [2.24, 2.45) is 5.92 Å². The normalized spacial score (nSPS) is 18.7. The Morgan fingerprint density at radius 2 is 2.06 bits per heavy atom. The van der Waals surface area contributed by atoms with Crippen LogP contribution in [-0.4, -0.2) is 41.1 Å². The van der Waals surface area contributed by atoms with Gasteiger partial charge in [-0.25, -0.2) is 9.59 Å².